The zero-order valence-electron chi connectivity index (χ0n) is 9.29. The van der Waals surface area contributed by atoms with Crippen LogP contribution in [0.3, 0.4) is 0 Å². The third-order valence-electron chi connectivity index (χ3n) is 2.00. The van der Waals surface area contributed by atoms with Crippen molar-refractivity contribution in [2.24, 2.45) is 5.92 Å². The standard InChI is InChI=1S/C10H17ClN4/c1-6(2)4-7(3)14-9-8(12)5-13-10(11)15-9/h5-7H,4,12H2,1-3H3,(H,13,14,15). The van der Waals surface area contributed by atoms with Gasteiger partial charge in [0.25, 0.3) is 0 Å². The maximum absolute atomic E-state index is 5.72. The summed E-state index contributed by atoms with van der Waals surface area (Å²) in [6.07, 6.45) is 2.57. The minimum atomic E-state index is 0.212. The SMILES string of the molecule is CC(C)CC(C)Nc1nc(Cl)ncc1N. The first-order valence-corrected chi connectivity index (χ1v) is 5.41. The van der Waals surface area contributed by atoms with Gasteiger partial charge in [-0.05, 0) is 30.9 Å². The van der Waals surface area contributed by atoms with Crippen molar-refractivity contribution in [2.75, 3.05) is 11.1 Å². The Bertz CT molecular complexity index is 327. The number of nitrogens with zero attached hydrogens (tertiary/aromatic N) is 2. The molecule has 0 fully saturated rings. The Kier molecular flexibility index (Phi) is 4.15. The van der Waals surface area contributed by atoms with Gasteiger partial charge in [0.1, 0.15) is 0 Å². The number of halogens is 1. The zero-order chi connectivity index (χ0) is 11.4. The van der Waals surface area contributed by atoms with Crippen LogP contribution >= 0.6 is 11.6 Å². The molecule has 0 amide bonds. The van der Waals surface area contributed by atoms with Gasteiger partial charge in [0.2, 0.25) is 5.28 Å². The summed E-state index contributed by atoms with van der Waals surface area (Å²) >= 11 is 5.69. The second-order valence-corrected chi connectivity index (χ2v) is 4.46. The molecule has 1 unspecified atom stereocenters. The van der Waals surface area contributed by atoms with Gasteiger partial charge >= 0.3 is 0 Å². The van der Waals surface area contributed by atoms with E-state index in [0.717, 1.165) is 6.42 Å². The Morgan fingerprint density at radius 3 is 2.73 bits per heavy atom. The minimum Gasteiger partial charge on any atom is -0.394 e. The van der Waals surface area contributed by atoms with E-state index in [0.29, 0.717) is 23.5 Å². The Balaban J connectivity index is 2.67. The number of hydrogen-bond acceptors (Lipinski definition) is 4. The molecule has 0 saturated carbocycles. The highest BCUT2D eigenvalue weighted by Gasteiger charge is 2.08. The molecule has 5 heteroatoms. The third kappa shape index (κ3) is 3.91. The number of hydrogen-bond donors (Lipinski definition) is 2. The lowest BCUT2D eigenvalue weighted by molar-refractivity contribution is 0.539. The van der Waals surface area contributed by atoms with E-state index in [2.05, 4.69) is 36.1 Å². The number of nitrogens with one attached hydrogen (secondary N) is 1. The highest BCUT2D eigenvalue weighted by molar-refractivity contribution is 6.28. The van der Waals surface area contributed by atoms with Crippen molar-refractivity contribution in [1.29, 1.82) is 0 Å². The molecule has 0 spiro atoms. The van der Waals surface area contributed by atoms with Gasteiger partial charge in [-0.1, -0.05) is 13.8 Å². The summed E-state index contributed by atoms with van der Waals surface area (Å²) in [7, 11) is 0. The summed E-state index contributed by atoms with van der Waals surface area (Å²) < 4.78 is 0. The monoisotopic (exact) mass is 228 g/mol. The molecule has 4 nitrogen and oxygen atoms in total. The molecule has 0 aliphatic rings. The maximum atomic E-state index is 5.72. The minimum absolute atomic E-state index is 0.212. The smallest absolute Gasteiger partial charge is 0.224 e. The number of nitrogen functional groups attached to an aromatic ring is 1. The van der Waals surface area contributed by atoms with Crippen molar-refractivity contribution in [3.05, 3.63) is 11.5 Å². The average Bonchev–Trinajstić information content (AvgIpc) is 2.10. The molecule has 1 heterocycles. The van der Waals surface area contributed by atoms with Gasteiger partial charge in [0, 0.05) is 6.04 Å². The van der Waals surface area contributed by atoms with Crippen LogP contribution in [0.2, 0.25) is 5.28 Å². The molecule has 1 rings (SSSR count). The summed E-state index contributed by atoms with van der Waals surface area (Å²) in [5.74, 6) is 1.24. The van der Waals surface area contributed by atoms with E-state index < -0.39 is 0 Å². The summed E-state index contributed by atoms with van der Waals surface area (Å²) in [5.41, 5.74) is 6.25. The van der Waals surface area contributed by atoms with Crippen LogP contribution in [0.25, 0.3) is 0 Å². The molecular weight excluding hydrogens is 212 g/mol. The number of aromatic nitrogens is 2. The van der Waals surface area contributed by atoms with E-state index in [1.165, 1.54) is 6.20 Å². The maximum Gasteiger partial charge on any atom is 0.224 e. The molecule has 0 aliphatic carbocycles. The molecule has 0 aromatic carbocycles. The predicted octanol–water partition coefficient (Wildman–Crippen LogP) is 2.56. The number of anilines is 2. The quantitative estimate of drug-likeness (QED) is 0.778. The summed E-state index contributed by atoms with van der Waals surface area (Å²) in [4.78, 5) is 7.84. The van der Waals surface area contributed by atoms with E-state index in [1.54, 1.807) is 0 Å². The van der Waals surface area contributed by atoms with Crippen molar-refractivity contribution in [3.63, 3.8) is 0 Å². The fraction of sp³-hybridized carbons (Fsp3) is 0.600. The lowest BCUT2D eigenvalue weighted by atomic mass is 10.1. The van der Waals surface area contributed by atoms with Crippen LogP contribution in [0.1, 0.15) is 27.2 Å². The van der Waals surface area contributed by atoms with Crippen LogP contribution < -0.4 is 11.1 Å². The molecule has 1 aromatic heterocycles. The molecule has 3 N–H and O–H groups in total. The van der Waals surface area contributed by atoms with Crippen LogP contribution in [0.15, 0.2) is 6.20 Å². The predicted molar refractivity (Wildman–Crippen MR) is 64.0 cm³/mol. The Hall–Kier alpha value is -1.03. The van der Waals surface area contributed by atoms with Crippen molar-refractivity contribution >= 4 is 23.1 Å². The normalized spacial score (nSPS) is 12.9. The highest BCUT2D eigenvalue weighted by atomic mass is 35.5. The van der Waals surface area contributed by atoms with Crippen LogP contribution in [-0.2, 0) is 0 Å². The molecule has 0 aliphatic heterocycles. The van der Waals surface area contributed by atoms with Gasteiger partial charge in [-0.2, -0.15) is 4.98 Å². The second-order valence-electron chi connectivity index (χ2n) is 4.12. The zero-order valence-corrected chi connectivity index (χ0v) is 10.0. The molecule has 0 bridgehead atoms. The molecule has 1 atom stereocenters. The van der Waals surface area contributed by atoms with Crippen molar-refractivity contribution in [3.8, 4) is 0 Å². The van der Waals surface area contributed by atoms with Gasteiger partial charge in [0.05, 0.1) is 11.9 Å². The Labute approximate surface area is 95.3 Å². The van der Waals surface area contributed by atoms with Crippen molar-refractivity contribution in [2.45, 2.75) is 33.2 Å². The molecule has 1 aromatic rings. The van der Waals surface area contributed by atoms with Gasteiger partial charge in [0.15, 0.2) is 5.82 Å². The second kappa shape index (κ2) is 5.16. The summed E-state index contributed by atoms with van der Waals surface area (Å²) in [6.45, 7) is 6.44. The van der Waals surface area contributed by atoms with E-state index >= 15 is 0 Å². The Morgan fingerprint density at radius 2 is 2.13 bits per heavy atom. The topological polar surface area (TPSA) is 63.8 Å². The van der Waals surface area contributed by atoms with E-state index in [4.69, 9.17) is 17.3 Å². The van der Waals surface area contributed by atoms with Crippen molar-refractivity contribution < 1.29 is 0 Å². The molecule has 0 saturated heterocycles. The first-order chi connectivity index (χ1) is 6.99. The fourth-order valence-corrected chi connectivity index (χ4v) is 1.62. The molecule has 15 heavy (non-hydrogen) atoms. The van der Waals surface area contributed by atoms with E-state index in [9.17, 15) is 0 Å². The van der Waals surface area contributed by atoms with Crippen molar-refractivity contribution in [1.82, 2.24) is 9.97 Å². The Morgan fingerprint density at radius 1 is 1.47 bits per heavy atom. The lowest BCUT2D eigenvalue weighted by Gasteiger charge is -2.17. The summed E-state index contributed by atoms with van der Waals surface area (Å²) in [5, 5.41) is 3.43. The first-order valence-electron chi connectivity index (χ1n) is 5.03. The first kappa shape index (κ1) is 12.0. The van der Waals surface area contributed by atoms with Crippen LogP contribution in [0.4, 0.5) is 11.5 Å². The van der Waals surface area contributed by atoms with Gasteiger partial charge < -0.3 is 11.1 Å². The summed E-state index contributed by atoms with van der Waals surface area (Å²) in [6, 6.07) is 0.318. The third-order valence-corrected chi connectivity index (χ3v) is 2.18. The number of rotatable bonds is 4. The van der Waals surface area contributed by atoms with Gasteiger partial charge in [-0.3, -0.25) is 0 Å². The molecule has 0 radical (unpaired) electrons. The van der Waals surface area contributed by atoms with Gasteiger partial charge in [-0.25, -0.2) is 4.98 Å². The molecule has 84 valence electrons. The largest absolute Gasteiger partial charge is 0.394 e. The van der Waals surface area contributed by atoms with E-state index in [1.807, 2.05) is 0 Å². The van der Waals surface area contributed by atoms with Crippen LogP contribution in [0, 0.1) is 5.92 Å². The fourth-order valence-electron chi connectivity index (χ4n) is 1.48. The molecular formula is C10H17ClN4. The highest BCUT2D eigenvalue weighted by Crippen LogP contribution is 2.18. The van der Waals surface area contributed by atoms with Crippen LogP contribution in [0.5, 0.6) is 0 Å². The van der Waals surface area contributed by atoms with Crippen LogP contribution in [-0.4, -0.2) is 16.0 Å². The lowest BCUT2D eigenvalue weighted by Crippen LogP contribution is -2.19. The van der Waals surface area contributed by atoms with E-state index in [-0.39, 0.29) is 5.28 Å². The van der Waals surface area contributed by atoms with Gasteiger partial charge in [-0.15, -0.1) is 0 Å². The number of nitrogens with two attached hydrogens (primary N) is 1. The average molecular weight is 229 g/mol.